The molecular weight excluding hydrogens is 354 g/mol. The van der Waals surface area contributed by atoms with Gasteiger partial charge in [-0.05, 0) is 26.0 Å². The fraction of sp³-hybridized carbons (Fsp3) is 0.350. The number of hydrogen-bond donors (Lipinski definition) is 0. The molecule has 8 heteroatoms. The molecule has 1 aliphatic heterocycles. The SMILES string of the molecule is COc1cncc(N2CCN(c3nc(-c4ccncc4)nc(C)c3C)CC2)n1. The van der Waals surface area contributed by atoms with Gasteiger partial charge in [0.05, 0.1) is 19.5 Å². The molecule has 0 radical (unpaired) electrons. The van der Waals surface area contributed by atoms with Gasteiger partial charge in [-0.2, -0.15) is 4.98 Å². The molecule has 0 aromatic carbocycles. The van der Waals surface area contributed by atoms with Gasteiger partial charge >= 0.3 is 0 Å². The largest absolute Gasteiger partial charge is 0.480 e. The molecule has 0 unspecified atom stereocenters. The molecule has 4 heterocycles. The maximum atomic E-state index is 5.19. The summed E-state index contributed by atoms with van der Waals surface area (Å²) in [6.45, 7) is 7.51. The van der Waals surface area contributed by atoms with Crippen molar-refractivity contribution in [1.29, 1.82) is 0 Å². The van der Waals surface area contributed by atoms with Crippen LogP contribution in [0.2, 0.25) is 0 Å². The first-order valence-corrected chi connectivity index (χ1v) is 9.27. The first kappa shape index (κ1) is 18.1. The summed E-state index contributed by atoms with van der Waals surface area (Å²) in [6.07, 6.45) is 6.93. The Labute approximate surface area is 164 Å². The van der Waals surface area contributed by atoms with E-state index in [1.54, 1.807) is 31.9 Å². The Hall–Kier alpha value is -3.29. The number of aryl methyl sites for hydroxylation is 1. The summed E-state index contributed by atoms with van der Waals surface area (Å²) in [5.41, 5.74) is 3.09. The van der Waals surface area contributed by atoms with Gasteiger partial charge in [0.15, 0.2) is 11.6 Å². The average molecular weight is 377 g/mol. The van der Waals surface area contributed by atoms with Crippen molar-refractivity contribution in [1.82, 2.24) is 24.9 Å². The molecule has 0 spiro atoms. The normalized spacial score (nSPS) is 14.2. The molecule has 28 heavy (non-hydrogen) atoms. The molecule has 1 aliphatic rings. The minimum atomic E-state index is 0.532. The number of pyridine rings is 1. The highest BCUT2D eigenvalue weighted by Crippen LogP contribution is 2.26. The van der Waals surface area contributed by atoms with Crippen molar-refractivity contribution < 1.29 is 4.74 Å². The lowest BCUT2D eigenvalue weighted by Gasteiger charge is -2.36. The number of aromatic nitrogens is 5. The molecule has 144 valence electrons. The van der Waals surface area contributed by atoms with Crippen LogP contribution in [0.25, 0.3) is 11.4 Å². The highest BCUT2D eigenvalue weighted by atomic mass is 16.5. The summed E-state index contributed by atoms with van der Waals surface area (Å²) in [7, 11) is 1.60. The summed E-state index contributed by atoms with van der Waals surface area (Å²) in [5, 5.41) is 0. The second-order valence-electron chi connectivity index (χ2n) is 6.71. The summed E-state index contributed by atoms with van der Waals surface area (Å²) < 4.78 is 5.19. The summed E-state index contributed by atoms with van der Waals surface area (Å²) in [5.74, 6) is 3.11. The van der Waals surface area contributed by atoms with Gasteiger partial charge in [0, 0.05) is 55.4 Å². The van der Waals surface area contributed by atoms with Crippen molar-refractivity contribution in [3.63, 3.8) is 0 Å². The van der Waals surface area contributed by atoms with Crippen LogP contribution in [0.1, 0.15) is 11.3 Å². The van der Waals surface area contributed by atoms with Crippen molar-refractivity contribution in [2.75, 3.05) is 43.1 Å². The minimum absolute atomic E-state index is 0.532. The van der Waals surface area contributed by atoms with Crippen molar-refractivity contribution in [3.8, 4) is 17.3 Å². The van der Waals surface area contributed by atoms with Gasteiger partial charge in [-0.25, -0.2) is 9.97 Å². The predicted octanol–water partition coefficient (Wildman–Crippen LogP) is 2.28. The molecule has 0 amide bonds. The Morgan fingerprint density at radius 2 is 1.57 bits per heavy atom. The maximum absolute atomic E-state index is 5.19. The lowest BCUT2D eigenvalue weighted by molar-refractivity contribution is 0.395. The average Bonchev–Trinajstić information content (AvgIpc) is 2.76. The zero-order chi connectivity index (χ0) is 19.5. The van der Waals surface area contributed by atoms with Crippen LogP contribution in [0.5, 0.6) is 5.88 Å². The first-order valence-electron chi connectivity index (χ1n) is 9.27. The zero-order valence-corrected chi connectivity index (χ0v) is 16.3. The Kier molecular flexibility index (Phi) is 5.01. The standard InChI is InChI=1S/C20H23N7O/c1-14-15(2)23-19(16-4-6-21-7-5-16)25-20(14)27-10-8-26(9-11-27)17-12-22-13-18(24-17)28-3/h4-7,12-13H,8-11H2,1-3H3. The number of piperazine rings is 1. The number of methoxy groups -OCH3 is 1. The third-order valence-electron chi connectivity index (χ3n) is 5.01. The molecule has 0 N–H and O–H groups in total. The second kappa shape index (κ2) is 7.75. The Bertz CT molecular complexity index is 956. The summed E-state index contributed by atoms with van der Waals surface area (Å²) in [4.78, 5) is 26.9. The molecule has 0 aliphatic carbocycles. The molecule has 3 aromatic rings. The molecule has 0 saturated carbocycles. The lowest BCUT2D eigenvalue weighted by Crippen LogP contribution is -2.47. The van der Waals surface area contributed by atoms with Crippen LogP contribution >= 0.6 is 0 Å². The highest BCUT2D eigenvalue weighted by Gasteiger charge is 2.22. The number of nitrogens with zero attached hydrogens (tertiary/aromatic N) is 7. The molecule has 0 bridgehead atoms. The van der Waals surface area contributed by atoms with Gasteiger partial charge < -0.3 is 14.5 Å². The number of ether oxygens (including phenoxy) is 1. The Morgan fingerprint density at radius 1 is 0.857 bits per heavy atom. The van der Waals surface area contributed by atoms with Gasteiger partial charge in [-0.3, -0.25) is 9.97 Å². The second-order valence-corrected chi connectivity index (χ2v) is 6.71. The molecule has 1 saturated heterocycles. The molecule has 3 aromatic heterocycles. The zero-order valence-electron chi connectivity index (χ0n) is 16.3. The van der Waals surface area contributed by atoms with E-state index < -0.39 is 0 Å². The highest BCUT2D eigenvalue weighted by molar-refractivity contribution is 5.60. The smallest absolute Gasteiger partial charge is 0.233 e. The monoisotopic (exact) mass is 377 g/mol. The fourth-order valence-corrected chi connectivity index (χ4v) is 3.29. The van der Waals surface area contributed by atoms with E-state index in [4.69, 9.17) is 9.72 Å². The van der Waals surface area contributed by atoms with E-state index in [9.17, 15) is 0 Å². The van der Waals surface area contributed by atoms with E-state index in [2.05, 4.69) is 36.7 Å². The van der Waals surface area contributed by atoms with E-state index in [-0.39, 0.29) is 0 Å². The van der Waals surface area contributed by atoms with Crippen LogP contribution in [-0.2, 0) is 0 Å². The quantitative estimate of drug-likeness (QED) is 0.685. The third-order valence-corrected chi connectivity index (χ3v) is 5.01. The van der Waals surface area contributed by atoms with Crippen LogP contribution in [0, 0.1) is 13.8 Å². The van der Waals surface area contributed by atoms with E-state index in [1.165, 1.54) is 0 Å². The van der Waals surface area contributed by atoms with Gasteiger partial charge in [0.25, 0.3) is 0 Å². The van der Waals surface area contributed by atoms with Gasteiger partial charge in [-0.15, -0.1) is 0 Å². The summed E-state index contributed by atoms with van der Waals surface area (Å²) in [6, 6.07) is 3.88. The predicted molar refractivity (Wildman–Crippen MR) is 108 cm³/mol. The first-order chi connectivity index (χ1) is 13.7. The molecule has 1 fully saturated rings. The minimum Gasteiger partial charge on any atom is -0.480 e. The Balaban J connectivity index is 1.55. The van der Waals surface area contributed by atoms with Crippen molar-refractivity contribution in [2.45, 2.75) is 13.8 Å². The lowest BCUT2D eigenvalue weighted by atomic mass is 10.2. The van der Waals surface area contributed by atoms with Crippen LogP contribution < -0.4 is 14.5 Å². The van der Waals surface area contributed by atoms with E-state index in [0.29, 0.717) is 5.88 Å². The van der Waals surface area contributed by atoms with Crippen molar-refractivity contribution in [3.05, 3.63) is 48.2 Å². The third kappa shape index (κ3) is 3.58. The van der Waals surface area contributed by atoms with Gasteiger partial charge in [0.1, 0.15) is 5.82 Å². The maximum Gasteiger partial charge on any atom is 0.233 e. The number of hydrogen-bond acceptors (Lipinski definition) is 8. The van der Waals surface area contributed by atoms with Crippen LogP contribution in [0.3, 0.4) is 0 Å². The van der Waals surface area contributed by atoms with Crippen LogP contribution in [0.15, 0.2) is 36.9 Å². The molecular formula is C20H23N7O. The van der Waals surface area contributed by atoms with Crippen molar-refractivity contribution >= 4 is 11.6 Å². The molecule has 0 atom stereocenters. The Morgan fingerprint density at radius 3 is 2.29 bits per heavy atom. The summed E-state index contributed by atoms with van der Waals surface area (Å²) >= 11 is 0. The van der Waals surface area contributed by atoms with E-state index >= 15 is 0 Å². The van der Waals surface area contributed by atoms with E-state index in [1.807, 2.05) is 19.1 Å². The van der Waals surface area contributed by atoms with Crippen LogP contribution in [0.4, 0.5) is 11.6 Å². The number of rotatable bonds is 4. The van der Waals surface area contributed by atoms with Gasteiger partial charge in [0.2, 0.25) is 5.88 Å². The van der Waals surface area contributed by atoms with E-state index in [0.717, 1.165) is 60.5 Å². The number of anilines is 2. The fourth-order valence-electron chi connectivity index (χ4n) is 3.29. The molecule has 4 rings (SSSR count). The van der Waals surface area contributed by atoms with Crippen LogP contribution in [-0.4, -0.2) is 58.2 Å². The van der Waals surface area contributed by atoms with Crippen molar-refractivity contribution in [2.24, 2.45) is 0 Å². The topological polar surface area (TPSA) is 80.2 Å². The molecule has 8 nitrogen and oxygen atoms in total. The van der Waals surface area contributed by atoms with Gasteiger partial charge in [-0.1, -0.05) is 0 Å².